The highest BCUT2D eigenvalue weighted by molar-refractivity contribution is 6.02. The van der Waals surface area contributed by atoms with Crippen LogP contribution in [0, 0.1) is 5.82 Å². The first kappa shape index (κ1) is 18.5. The maximum absolute atomic E-state index is 14.6. The van der Waals surface area contributed by atoms with Gasteiger partial charge in [-0.1, -0.05) is 32.9 Å². The van der Waals surface area contributed by atoms with Crippen molar-refractivity contribution in [1.29, 1.82) is 0 Å². The van der Waals surface area contributed by atoms with Crippen LogP contribution in [0.3, 0.4) is 0 Å². The van der Waals surface area contributed by atoms with Crippen LogP contribution in [-0.2, 0) is 15.6 Å². The molecule has 3 aromatic rings. The first-order valence-corrected chi connectivity index (χ1v) is 9.52. The maximum Gasteiger partial charge on any atom is 0.235 e. The van der Waals surface area contributed by atoms with Gasteiger partial charge in [0.2, 0.25) is 5.91 Å². The van der Waals surface area contributed by atoms with Gasteiger partial charge in [-0.25, -0.2) is 4.39 Å². The van der Waals surface area contributed by atoms with Crippen LogP contribution in [-0.4, -0.2) is 18.0 Å². The molecule has 1 aliphatic carbocycles. The Kier molecular flexibility index (Phi) is 4.21. The van der Waals surface area contributed by atoms with E-state index < -0.39 is 11.2 Å². The van der Waals surface area contributed by atoms with Crippen LogP contribution >= 0.6 is 0 Å². The molecule has 4 rings (SSSR count). The normalized spacial score (nSPS) is 15.5. The second-order valence-electron chi connectivity index (χ2n) is 8.62. The molecule has 28 heavy (non-hydrogen) atoms. The highest BCUT2D eigenvalue weighted by Crippen LogP contribution is 2.49. The number of halogens is 1. The standard InChI is InChI=1S/C23H25FN2O2/c1-22(2,3)20-12-14-11-19(17(24)13-18(14)25-20)26-21(27)23(9-10-23)15-5-7-16(28-4)8-6-15/h5-8,11-13,25H,9-10H2,1-4H3,(H,26,27). The highest BCUT2D eigenvalue weighted by Gasteiger charge is 2.51. The van der Waals surface area contributed by atoms with Crippen LogP contribution in [0.2, 0.25) is 0 Å². The third kappa shape index (κ3) is 3.15. The molecule has 0 saturated heterocycles. The molecule has 1 aliphatic rings. The Bertz CT molecular complexity index is 1040. The third-order valence-electron chi connectivity index (χ3n) is 5.59. The van der Waals surface area contributed by atoms with Crippen LogP contribution in [0.5, 0.6) is 5.75 Å². The van der Waals surface area contributed by atoms with Crippen molar-refractivity contribution in [3.63, 3.8) is 0 Å². The molecule has 0 radical (unpaired) electrons. The number of aromatic amines is 1. The number of amides is 1. The molecule has 1 fully saturated rings. The molecule has 0 atom stereocenters. The molecule has 146 valence electrons. The van der Waals surface area contributed by atoms with Crippen molar-refractivity contribution >= 4 is 22.5 Å². The van der Waals surface area contributed by atoms with Crippen LogP contribution < -0.4 is 10.1 Å². The summed E-state index contributed by atoms with van der Waals surface area (Å²) in [6, 6.07) is 12.7. The Morgan fingerprint density at radius 1 is 1.14 bits per heavy atom. The average Bonchev–Trinajstić information content (AvgIpc) is 3.36. The summed E-state index contributed by atoms with van der Waals surface area (Å²) in [5, 5.41) is 3.71. The topological polar surface area (TPSA) is 54.1 Å². The summed E-state index contributed by atoms with van der Waals surface area (Å²) in [7, 11) is 1.61. The minimum absolute atomic E-state index is 0.0641. The molecule has 0 spiro atoms. The smallest absolute Gasteiger partial charge is 0.235 e. The predicted molar refractivity (Wildman–Crippen MR) is 109 cm³/mol. The van der Waals surface area contributed by atoms with Gasteiger partial charge in [-0.2, -0.15) is 0 Å². The molecule has 0 unspecified atom stereocenters. The predicted octanol–water partition coefficient (Wildman–Crippen LogP) is 5.28. The van der Waals surface area contributed by atoms with E-state index in [1.165, 1.54) is 6.07 Å². The largest absolute Gasteiger partial charge is 0.497 e. The Morgan fingerprint density at radius 2 is 1.82 bits per heavy atom. The number of anilines is 1. The number of rotatable bonds is 4. The molecule has 4 nitrogen and oxygen atoms in total. The summed E-state index contributed by atoms with van der Waals surface area (Å²) >= 11 is 0. The Morgan fingerprint density at radius 3 is 2.39 bits per heavy atom. The van der Waals surface area contributed by atoms with Gasteiger partial charge in [0, 0.05) is 28.1 Å². The number of carbonyl (C=O) groups is 1. The maximum atomic E-state index is 14.6. The number of carbonyl (C=O) groups excluding carboxylic acids is 1. The zero-order valence-corrected chi connectivity index (χ0v) is 16.7. The van der Waals surface area contributed by atoms with Gasteiger partial charge in [0.25, 0.3) is 0 Å². The van der Waals surface area contributed by atoms with Gasteiger partial charge >= 0.3 is 0 Å². The molecular weight excluding hydrogens is 355 g/mol. The summed E-state index contributed by atoms with van der Waals surface area (Å²) < 4.78 is 19.8. The second-order valence-corrected chi connectivity index (χ2v) is 8.62. The monoisotopic (exact) mass is 380 g/mol. The van der Waals surface area contributed by atoms with Gasteiger partial charge in [-0.05, 0) is 42.7 Å². The number of hydrogen-bond acceptors (Lipinski definition) is 2. The Balaban J connectivity index is 1.62. The van der Waals surface area contributed by atoms with E-state index in [0.29, 0.717) is 0 Å². The molecule has 1 saturated carbocycles. The zero-order chi connectivity index (χ0) is 20.1. The number of H-pyrrole nitrogens is 1. The average molecular weight is 380 g/mol. The fraction of sp³-hybridized carbons (Fsp3) is 0.348. The van der Waals surface area contributed by atoms with Gasteiger partial charge in [0.15, 0.2) is 0 Å². The summed E-state index contributed by atoms with van der Waals surface area (Å²) in [5.41, 5.74) is 2.27. The summed E-state index contributed by atoms with van der Waals surface area (Å²) in [4.78, 5) is 16.3. The molecule has 2 N–H and O–H groups in total. The Labute approximate surface area is 164 Å². The van der Waals surface area contributed by atoms with Crippen molar-refractivity contribution in [3.8, 4) is 5.75 Å². The van der Waals surface area contributed by atoms with Gasteiger partial charge in [-0.3, -0.25) is 4.79 Å². The number of benzene rings is 2. The fourth-order valence-electron chi connectivity index (χ4n) is 3.58. The highest BCUT2D eigenvalue weighted by atomic mass is 19.1. The molecule has 0 aliphatic heterocycles. The van der Waals surface area contributed by atoms with Gasteiger partial charge < -0.3 is 15.0 Å². The van der Waals surface area contributed by atoms with Gasteiger partial charge in [-0.15, -0.1) is 0 Å². The van der Waals surface area contributed by atoms with Crippen molar-refractivity contribution in [2.75, 3.05) is 12.4 Å². The number of hydrogen-bond donors (Lipinski definition) is 2. The zero-order valence-electron chi connectivity index (χ0n) is 16.7. The van der Waals surface area contributed by atoms with E-state index in [-0.39, 0.29) is 17.0 Å². The third-order valence-corrected chi connectivity index (χ3v) is 5.59. The van der Waals surface area contributed by atoms with E-state index in [4.69, 9.17) is 4.74 Å². The molecule has 0 bridgehead atoms. The van der Waals surface area contributed by atoms with Crippen molar-refractivity contribution in [2.24, 2.45) is 0 Å². The quantitative estimate of drug-likeness (QED) is 0.647. The van der Waals surface area contributed by atoms with E-state index >= 15 is 0 Å². The minimum Gasteiger partial charge on any atom is -0.497 e. The molecular formula is C23H25FN2O2. The number of methoxy groups -OCH3 is 1. The number of nitrogens with one attached hydrogen (secondary N) is 2. The van der Waals surface area contributed by atoms with E-state index in [1.54, 1.807) is 13.2 Å². The lowest BCUT2D eigenvalue weighted by atomic mass is 9.92. The van der Waals surface area contributed by atoms with Crippen LogP contribution in [0.4, 0.5) is 10.1 Å². The lowest BCUT2D eigenvalue weighted by molar-refractivity contribution is -0.118. The van der Waals surface area contributed by atoms with Crippen LogP contribution in [0.15, 0.2) is 42.5 Å². The summed E-state index contributed by atoms with van der Waals surface area (Å²) in [5.74, 6) is 0.148. The number of ether oxygens (including phenoxy) is 1. The first-order chi connectivity index (χ1) is 13.2. The fourth-order valence-corrected chi connectivity index (χ4v) is 3.58. The van der Waals surface area contributed by atoms with E-state index in [0.717, 1.165) is 40.8 Å². The van der Waals surface area contributed by atoms with E-state index in [1.807, 2.05) is 30.3 Å². The summed E-state index contributed by atoms with van der Waals surface area (Å²) in [6.07, 6.45) is 1.51. The molecule has 5 heteroatoms. The first-order valence-electron chi connectivity index (χ1n) is 9.52. The second kappa shape index (κ2) is 6.36. The van der Waals surface area contributed by atoms with Crippen LogP contribution in [0.1, 0.15) is 44.9 Å². The minimum atomic E-state index is -0.581. The SMILES string of the molecule is COc1ccc(C2(C(=O)Nc3cc4cc(C(C)(C)C)[nH]c4cc3F)CC2)cc1. The Hall–Kier alpha value is -2.82. The van der Waals surface area contributed by atoms with Crippen molar-refractivity contribution in [2.45, 2.75) is 44.4 Å². The van der Waals surface area contributed by atoms with E-state index in [9.17, 15) is 9.18 Å². The molecule has 1 aromatic heterocycles. The molecule has 1 heterocycles. The van der Waals surface area contributed by atoms with Crippen molar-refractivity contribution in [3.05, 3.63) is 59.5 Å². The summed E-state index contributed by atoms with van der Waals surface area (Å²) in [6.45, 7) is 6.30. The lowest BCUT2D eigenvalue weighted by Gasteiger charge is -2.16. The van der Waals surface area contributed by atoms with Crippen molar-refractivity contribution < 1.29 is 13.9 Å². The molecule has 1 amide bonds. The van der Waals surface area contributed by atoms with Crippen molar-refractivity contribution in [1.82, 2.24) is 4.98 Å². The van der Waals surface area contributed by atoms with Gasteiger partial charge in [0.1, 0.15) is 11.6 Å². The number of aromatic nitrogens is 1. The van der Waals surface area contributed by atoms with E-state index in [2.05, 4.69) is 31.1 Å². The molecule has 2 aromatic carbocycles. The van der Waals surface area contributed by atoms with Gasteiger partial charge in [0.05, 0.1) is 18.2 Å². The lowest BCUT2D eigenvalue weighted by Crippen LogP contribution is -2.28. The number of fused-ring (bicyclic) bond motifs is 1. The van der Waals surface area contributed by atoms with Crippen LogP contribution in [0.25, 0.3) is 10.9 Å².